The topological polar surface area (TPSA) is 74.1 Å². The average Bonchev–Trinajstić information content (AvgIpc) is 3.45. The molecule has 2 aliphatic rings. The van der Waals surface area contributed by atoms with E-state index in [2.05, 4.69) is 10.3 Å². The summed E-state index contributed by atoms with van der Waals surface area (Å²) in [5.41, 5.74) is 4.17. The number of aliphatic imine (C=N–C) groups is 1. The molecular formula is C27H22ClFN4O2S. The van der Waals surface area contributed by atoms with E-state index in [0.717, 1.165) is 28.1 Å². The van der Waals surface area contributed by atoms with Gasteiger partial charge in [-0.15, -0.1) is 0 Å². The summed E-state index contributed by atoms with van der Waals surface area (Å²) in [5, 5.41) is 9.78. The Hall–Kier alpha value is -3.49. The van der Waals surface area contributed by atoms with Crippen molar-refractivity contribution in [2.75, 3.05) is 5.32 Å². The summed E-state index contributed by atoms with van der Waals surface area (Å²) in [7, 11) is 0. The van der Waals surface area contributed by atoms with Crippen molar-refractivity contribution in [2.45, 2.75) is 31.1 Å². The van der Waals surface area contributed by atoms with Crippen LogP contribution < -0.4 is 5.32 Å². The second-order valence-corrected chi connectivity index (χ2v) is 10.2. The highest BCUT2D eigenvalue weighted by Gasteiger charge is 2.39. The molecule has 36 heavy (non-hydrogen) atoms. The van der Waals surface area contributed by atoms with Crippen LogP contribution in [0.2, 0.25) is 5.02 Å². The van der Waals surface area contributed by atoms with E-state index in [0.29, 0.717) is 16.6 Å². The lowest BCUT2D eigenvalue weighted by atomic mass is 9.99. The standard InChI is InChI=1S/C27H22ClFN4O2S/c1-16-4-2-3-5-21(16)30-25(34)15-24-26(35)31-27(36-24)33-23(18-6-10-19(28)11-7-18)14-22(32-33)17-8-12-20(29)13-9-17/h2-13,23-24H,14-15H2,1H3,(H,30,34)/t23-,24+/m0/s1. The number of carbonyl (C=O) groups is 2. The maximum Gasteiger partial charge on any atom is 0.262 e. The largest absolute Gasteiger partial charge is 0.326 e. The van der Waals surface area contributed by atoms with Crippen molar-refractivity contribution in [3.63, 3.8) is 0 Å². The van der Waals surface area contributed by atoms with Gasteiger partial charge in [-0.1, -0.05) is 65.8 Å². The number of rotatable bonds is 5. The molecule has 2 heterocycles. The number of carbonyl (C=O) groups excluding carboxylic acids is 2. The van der Waals surface area contributed by atoms with Crippen LogP contribution in [-0.4, -0.2) is 33.0 Å². The molecule has 0 bridgehead atoms. The average molecular weight is 521 g/mol. The molecule has 0 aromatic heterocycles. The van der Waals surface area contributed by atoms with Gasteiger partial charge in [0.05, 0.1) is 11.8 Å². The van der Waals surface area contributed by atoms with E-state index in [1.807, 2.05) is 43.3 Å². The molecule has 6 nitrogen and oxygen atoms in total. The van der Waals surface area contributed by atoms with Gasteiger partial charge in [0, 0.05) is 23.6 Å². The summed E-state index contributed by atoms with van der Waals surface area (Å²) in [6.07, 6.45) is 0.540. The number of thioether (sulfide) groups is 1. The SMILES string of the molecule is Cc1ccccc1NC(=O)C[C@H]1SC(N2N=C(c3ccc(F)cc3)C[C@H]2c2ccc(Cl)cc2)=NC1=O. The van der Waals surface area contributed by atoms with Gasteiger partial charge in [-0.3, -0.25) is 9.59 Å². The van der Waals surface area contributed by atoms with Gasteiger partial charge in [-0.05, 0) is 53.9 Å². The zero-order chi connectivity index (χ0) is 25.2. The van der Waals surface area contributed by atoms with E-state index >= 15 is 0 Å². The summed E-state index contributed by atoms with van der Waals surface area (Å²) >= 11 is 7.32. The molecule has 182 valence electrons. The number of para-hydroxylation sites is 1. The van der Waals surface area contributed by atoms with E-state index in [1.54, 1.807) is 29.3 Å². The van der Waals surface area contributed by atoms with Crippen LogP contribution in [-0.2, 0) is 9.59 Å². The molecule has 9 heteroatoms. The number of halogens is 2. The minimum absolute atomic E-state index is 0.00117. The number of anilines is 1. The predicted molar refractivity (Wildman–Crippen MR) is 142 cm³/mol. The molecule has 3 aromatic carbocycles. The second kappa shape index (κ2) is 10.2. The lowest BCUT2D eigenvalue weighted by Crippen LogP contribution is -2.25. The maximum absolute atomic E-state index is 13.5. The fourth-order valence-electron chi connectivity index (χ4n) is 4.14. The van der Waals surface area contributed by atoms with E-state index < -0.39 is 5.25 Å². The van der Waals surface area contributed by atoms with E-state index in [9.17, 15) is 14.0 Å². The molecule has 0 unspecified atom stereocenters. The monoisotopic (exact) mass is 520 g/mol. The van der Waals surface area contributed by atoms with Crippen molar-refractivity contribution < 1.29 is 14.0 Å². The summed E-state index contributed by atoms with van der Waals surface area (Å²) in [6.45, 7) is 1.91. The maximum atomic E-state index is 13.5. The normalized spacial score (nSPS) is 19.3. The Bertz CT molecular complexity index is 1380. The van der Waals surface area contributed by atoms with Gasteiger partial charge < -0.3 is 5.32 Å². The van der Waals surface area contributed by atoms with Crippen molar-refractivity contribution in [3.05, 3.63) is 100 Å². The molecule has 2 amide bonds. The number of nitrogens with one attached hydrogen (secondary N) is 1. The van der Waals surface area contributed by atoms with Crippen molar-refractivity contribution in [1.29, 1.82) is 0 Å². The van der Waals surface area contributed by atoms with Gasteiger partial charge in [0.2, 0.25) is 5.91 Å². The number of amides is 2. The van der Waals surface area contributed by atoms with E-state index in [1.165, 1.54) is 23.9 Å². The first-order chi connectivity index (χ1) is 17.4. The first-order valence-corrected chi connectivity index (χ1v) is 12.7. The van der Waals surface area contributed by atoms with Crippen molar-refractivity contribution in [2.24, 2.45) is 10.1 Å². The Labute approximate surface area is 217 Å². The van der Waals surface area contributed by atoms with Gasteiger partial charge in [0.1, 0.15) is 11.1 Å². The van der Waals surface area contributed by atoms with Crippen LogP contribution >= 0.6 is 23.4 Å². The molecule has 5 rings (SSSR count). The number of nitrogens with zero attached hydrogens (tertiary/aromatic N) is 3. The van der Waals surface area contributed by atoms with E-state index in [4.69, 9.17) is 16.7 Å². The molecule has 1 N–H and O–H groups in total. The molecule has 0 saturated heterocycles. The Morgan fingerprint density at radius 3 is 2.56 bits per heavy atom. The Kier molecular flexibility index (Phi) is 6.89. The highest BCUT2D eigenvalue weighted by atomic mass is 35.5. The highest BCUT2D eigenvalue weighted by Crippen LogP contribution is 2.39. The number of hydrazone groups is 1. The summed E-state index contributed by atoms with van der Waals surface area (Å²) in [6, 6.07) is 20.9. The van der Waals surface area contributed by atoms with Crippen molar-refractivity contribution >= 4 is 51.7 Å². The lowest BCUT2D eigenvalue weighted by Gasteiger charge is -2.23. The minimum Gasteiger partial charge on any atom is -0.326 e. The zero-order valence-corrected chi connectivity index (χ0v) is 20.9. The van der Waals surface area contributed by atoms with Gasteiger partial charge >= 0.3 is 0 Å². The number of hydrogen-bond donors (Lipinski definition) is 1. The molecule has 0 aliphatic carbocycles. The molecule has 0 spiro atoms. The Morgan fingerprint density at radius 2 is 1.83 bits per heavy atom. The van der Waals surface area contributed by atoms with Gasteiger partial charge in [-0.25, -0.2) is 9.40 Å². The number of amidine groups is 1. The van der Waals surface area contributed by atoms with Crippen LogP contribution in [0.5, 0.6) is 0 Å². The van der Waals surface area contributed by atoms with Crippen LogP contribution in [0.15, 0.2) is 82.9 Å². The van der Waals surface area contributed by atoms with Crippen LogP contribution in [0.3, 0.4) is 0 Å². The summed E-state index contributed by atoms with van der Waals surface area (Å²) in [4.78, 5) is 29.7. The van der Waals surface area contributed by atoms with Gasteiger partial charge in [-0.2, -0.15) is 10.1 Å². The first-order valence-electron chi connectivity index (χ1n) is 11.4. The summed E-state index contributed by atoms with van der Waals surface area (Å²) in [5.74, 6) is -0.940. The van der Waals surface area contributed by atoms with Crippen molar-refractivity contribution in [1.82, 2.24) is 5.01 Å². The number of hydrogen-bond acceptors (Lipinski definition) is 5. The summed E-state index contributed by atoms with van der Waals surface area (Å²) < 4.78 is 13.5. The third kappa shape index (κ3) is 5.20. The van der Waals surface area contributed by atoms with Crippen LogP contribution in [0.4, 0.5) is 10.1 Å². The van der Waals surface area contributed by atoms with Crippen LogP contribution in [0.1, 0.15) is 35.6 Å². The Balaban J connectivity index is 1.36. The fourth-order valence-corrected chi connectivity index (χ4v) is 5.32. The molecule has 2 aliphatic heterocycles. The minimum atomic E-state index is -0.639. The number of benzene rings is 3. The molecular weight excluding hydrogens is 499 g/mol. The molecule has 0 saturated carbocycles. The lowest BCUT2D eigenvalue weighted by molar-refractivity contribution is -0.121. The molecule has 2 atom stereocenters. The zero-order valence-electron chi connectivity index (χ0n) is 19.3. The van der Waals surface area contributed by atoms with Crippen LogP contribution in [0, 0.1) is 12.7 Å². The predicted octanol–water partition coefficient (Wildman–Crippen LogP) is 5.97. The second-order valence-electron chi connectivity index (χ2n) is 8.58. The smallest absolute Gasteiger partial charge is 0.262 e. The van der Waals surface area contributed by atoms with Crippen LogP contribution in [0.25, 0.3) is 0 Å². The third-order valence-corrected chi connectivity index (χ3v) is 7.45. The molecule has 3 aromatic rings. The highest BCUT2D eigenvalue weighted by molar-refractivity contribution is 8.15. The fraction of sp³-hybridized carbons (Fsp3) is 0.185. The van der Waals surface area contributed by atoms with E-state index in [-0.39, 0.29) is 30.1 Å². The quantitative estimate of drug-likeness (QED) is 0.450. The van der Waals surface area contributed by atoms with Crippen molar-refractivity contribution in [3.8, 4) is 0 Å². The van der Waals surface area contributed by atoms with Gasteiger partial charge in [0.15, 0.2) is 5.17 Å². The first kappa shape index (κ1) is 24.2. The third-order valence-electron chi connectivity index (χ3n) is 6.06. The van der Waals surface area contributed by atoms with Gasteiger partial charge in [0.25, 0.3) is 5.91 Å². The number of aryl methyl sites for hydroxylation is 1. The Morgan fingerprint density at radius 1 is 1.11 bits per heavy atom. The molecule has 0 fully saturated rings. The molecule has 0 radical (unpaired) electrons.